The molecule has 3 saturated heterocycles. The van der Waals surface area contributed by atoms with Gasteiger partial charge >= 0.3 is 0 Å². The monoisotopic (exact) mass is 300 g/mol. The Morgan fingerprint density at radius 3 is 2.71 bits per heavy atom. The maximum atomic E-state index is 12.2. The number of likely N-dealkylation sites (tertiary alicyclic amines) is 1. The van der Waals surface area contributed by atoms with E-state index >= 15 is 0 Å². The lowest BCUT2D eigenvalue weighted by Gasteiger charge is -2.40. The molecule has 0 saturated carbocycles. The van der Waals surface area contributed by atoms with Gasteiger partial charge in [-0.25, -0.2) is 0 Å². The molecule has 0 aromatic carbocycles. The number of halogens is 1. The normalized spacial score (nSPS) is 39.5. The van der Waals surface area contributed by atoms with Crippen molar-refractivity contribution in [2.45, 2.75) is 55.4 Å². The fraction of sp³-hybridized carbons (Fsp3) is 0.923. The molecule has 0 aromatic rings. The topological polar surface area (TPSA) is 23.6 Å². The van der Waals surface area contributed by atoms with Gasteiger partial charge in [-0.1, -0.05) is 22.4 Å². The largest absolute Gasteiger partial charge is 0.337 e. The molecule has 0 radical (unpaired) electrons. The first kappa shape index (κ1) is 12.0. The van der Waals surface area contributed by atoms with E-state index < -0.39 is 0 Å². The number of amides is 1. The molecule has 3 nitrogen and oxygen atoms in total. The number of nitrogens with zero attached hydrogens (tertiary/aromatic N) is 2. The highest BCUT2D eigenvalue weighted by molar-refractivity contribution is 9.10. The first-order chi connectivity index (χ1) is 8.27. The molecule has 0 bridgehead atoms. The molecule has 0 aromatic heterocycles. The Balaban J connectivity index is 1.73. The lowest BCUT2D eigenvalue weighted by molar-refractivity contribution is -0.135. The van der Waals surface area contributed by atoms with Crippen molar-refractivity contribution in [3.63, 3.8) is 0 Å². The SMILES string of the molecule is O=C1C(Br)CCCN1C1CCN2CCCCC12. The average molecular weight is 301 g/mol. The predicted molar refractivity (Wildman–Crippen MR) is 71.3 cm³/mol. The van der Waals surface area contributed by atoms with Crippen LogP contribution in [0.15, 0.2) is 0 Å². The summed E-state index contributed by atoms with van der Waals surface area (Å²) in [5.41, 5.74) is 0. The first-order valence-electron chi connectivity index (χ1n) is 6.96. The Morgan fingerprint density at radius 1 is 0.941 bits per heavy atom. The molecule has 3 unspecified atom stereocenters. The van der Waals surface area contributed by atoms with Crippen LogP contribution >= 0.6 is 15.9 Å². The molecule has 3 aliphatic rings. The van der Waals surface area contributed by atoms with E-state index in [-0.39, 0.29) is 4.83 Å². The standard InChI is InChI=1S/C13H21BrN2O/c14-10-4-3-8-16(13(10)17)12-6-9-15-7-2-1-5-11(12)15/h10-12H,1-9H2. The first-order valence-corrected chi connectivity index (χ1v) is 7.87. The van der Waals surface area contributed by atoms with Gasteiger partial charge in [-0.15, -0.1) is 0 Å². The van der Waals surface area contributed by atoms with Crippen LogP contribution in [0, 0.1) is 0 Å². The fourth-order valence-corrected chi connectivity index (χ4v) is 4.35. The van der Waals surface area contributed by atoms with Crippen molar-refractivity contribution in [2.24, 2.45) is 0 Å². The molecule has 3 aliphatic heterocycles. The molecule has 0 N–H and O–H groups in total. The van der Waals surface area contributed by atoms with Gasteiger partial charge in [-0.2, -0.15) is 0 Å². The second-order valence-electron chi connectivity index (χ2n) is 5.60. The molecule has 3 atom stereocenters. The van der Waals surface area contributed by atoms with Gasteiger partial charge in [-0.3, -0.25) is 9.69 Å². The van der Waals surface area contributed by atoms with Crippen LogP contribution in [0.1, 0.15) is 38.5 Å². The van der Waals surface area contributed by atoms with E-state index in [1.165, 1.54) is 38.8 Å². The molecule has 4 heteroatoms. The van der Waals surface area contributed by atoms with Crippen molar-refractivity contribution in [1.29, 1.82) is 0 Å². The van der Waals surface area contributed by atoms with E-state index in [1.807, 2.05) is 0 Å². The number of piperidine rings is 2. The zero-order valence-electron chi connectivity index (χ0n) is 10.3. The number of carbonyl (C=O) groups excluding carboxylic acids is 1. The number of hydrogen-bond acceptors (Lipinski definition) is 2. The highest BCUT2D eigenvalue weighted by Crippen LogP contribution is 2.33. The van der Waals surface area contributed by atoms with Crippen molar-refractivity contribution in [1.82, 2.24) is 9.80 Å². The molecular weight excluding hydrogens is 280 g/mol. The lowest BCUT2D eigenvalue weighted by Crippen LogP contribution is -2.53. The molecule has 17 heavy (non-hydrogen) atoms. The molecule has 0 aliphatic carbocycles. The van der Waals surface area contributed by atoms with Gasteiger partial charge < -0.3 is 4.90 Å². The number of carbonyl (C=O) groups is 1. The Morgan fingerprint density at radius 2 is 1.82 bits per heavy atom. The van der Waals surface area contributed by atoms with E-state index in [0.29, 0.717) is 18.0 Å². The summed E-state index contributed by atoms with van der Waals surface area (Å²) in [6, 6.07) is 1.16. The Kier molecular flexibility index (Phi) is 3.44. The summed E-state index contributed by atoms with van der Waals surface area (Å²) in [6.07, 6.45) is 7.34. The maximum absolute atomic E-state index is 12.2. The fourth-order valence-electron chi connectivity index (χ4n) is 3.77. The van der Waals surface area contributed by atoms with Crippen molar-refractivity contribution in [2.75, 3.05) is 19.6 Å². The molecular formula is C13H21BrN2O. The average Bonchev–Trinajstić information content (AvgIpc) is 2.77. The van der Waals surface area contributed by atoms with Crippen LogP contribution in [-0.4, -0.2) is 52.3 Å². The van der Waals surface area contributed by atoms with Crippen molar-refractivity contribution < 1.29 is 4.79 Å². The minimum atomic E-state index is 0.0777. The van der Waals surface area contributed by atoms with Gasteiger partial charge in [0.25, 0.3) is 0 Å². The quantitative estimate of drug-likeness (QED) is 0.692. The minimum Gasteiger partial charge on any atom is -0.337 e. The second kappa shape index (κ2) is 4.88. The number of alkyl halides is 1. The van der Waals surface area contributed by atoms with Crippen molar-refractivity contribution >= 4 is 21.8 Å². The Labute approximate surface area is 112 Å². The van der Waals surface area contributed by atoms with E-state index in [4.69, 9.17) is 0 Å². The van der Waals surface area contributed by atoms with E-state index in [9.17, 15) is 4.79 Å². The third kappa shape index (κ3) is 2.14. The van der Waals surface area contributed by atoms with Gasteiger partial charge in [-0.05, 0) is 38.6 Å². The van der Waals surface area contributed by atoms with Crippen LogP contribution in [0.2, 0.25) is 0 Å². The summed E-state index contributed by atoms with van der Waals surface area (Å²) in [6.45, 7) is 3.43. The molecule has 3 fully saturated rings. The van der Waals surface area contributed by atoms with E-state index in [2.05, 4.69) is 25.7 Å². The molecule has 0 spiro atoms. The van der Waals surface area contributed by atoms with Crippen molar-refractivity contribution in [3.05, 3.63) is 0 Å². The third-order valence-corrected chi connectivity index (χ3v) is 5.48. The summed E-state index contributed by atoms with van der Waals surface area (Å²) in [5, 5.41) is 0. The van der Waals surface area contributed by atoms with Crippen LogP contribution in [0.25, 0.3) is 0 Å². The van der Waals surface area contributed by atoms with Crippen molar-refractivity contribution in [3.8, 4) is 0 Å². The predicted octanol–water partition coefficient (Wildman–Crippen LogP) is 2.00. The number of rotatable bonds is 1. The van der Waals surface area contributed by atoms with Gasteiger partial charge in [0.05, 0.1) is 4.83 Å². The zero-order chi connectivity index (χ0) is 11.8. The molecule has 96 valence electrons. The Bertz CT molecular complexity index is 310. The molecule has 3 heterocycles. The second-order valence-corrected chi connectivity index (χ2v) is 6.70. The summed E-state index contributed by atoms with van der Waals surface area (Å²) in [7, 11) is 0. The summed E-state index contributed by atoms with van der Waals surface area (Å²) >= 11 is 3.52. The lowest BCUT2D eigenvalue weighted by atomic mass is 9.96. The maximum Gasteiger partial charge on any atom is 0.236 e. The third-order valence-electron chi connectivity index (χ3n) is 4.63. The smallest absolute Gasteiger partial charge is 0.236 e. The van der Waals surface area contributed by atoms with Crippen LogP contribution < -0.4 is 0 Å². The van der Waals surface area contributed by atoms with Crippen LogP contribution in [0.4, 0.5) is 0 Å². The van der Waals surface area contributed by atoms with Gasteiger partial charge in [0.15, 0.2) is 0 Å². The number of fused-ring (bicyclic) bond motifs is 1. The summed E-state index contributed by atoms with van der Waals surface area (Å²) in [5.74, 6) is 0.341. The number of hydrogen-bond donors (Lipinski definition) is 0. The van der Waals surface area contributed by atoms with E-state index in [0.717, 1.165) is 19.4 Å². The van der Waals surface area contributed by atoms with Crippen LogP contribution in [0.3, 0.4) is 0 Å². The highest BCUT2D eigenvalue weighted by Gasteiger charge is 2.42. The zero-order valence-corrected chi connectivity index (χ0v) is 11.9. The van der Waals surface area contributed by atoms with Crippen LogP contribution in [0.5, 0.6) is 0 Å². The molecule has 1 amide bonds. The van der Waals surface area contributed by atoms with Gasteiger partial charge in [0.1, 0.15) is 0 Å². The summed E-state index contributed by atoms with van der Waals surface area (Å²) < 4.78 is 0. The Hall–Kier alpha value is -0.0900. The molecule has 3 rings (SSSR count). The van der Waals surface area contributed by atoms with Crippen LogP contribution in [-0.2, 0) is 4.79 Å². The summed E-state index contributed by atoms with van der Waals surface area (Å²) in [4.78, 5) is 17.1. The minimum absolute atomic E-state index is 0.0777. The van der Waals surface area contributed by atoms with Gasteiger partial charge in [0.2, 0.25) is 5.91 Å². The highest BCUT2D eigenvalue weighted by atomic mass is 79.9. The van der Waals surface area contributed by atoms with E-state index in [1.54, 1.807) is 0 Å². The van der Waals surface area contributed by atoms with Gasteiger partial charge in [0, 0.05) is 25.2 Å².